The smallest absolute Gasteiger partial charge is 0.314 e. The number of aliphatic carboxylic acids is 1. The maximum atomic E-state index is 12.1. The van der Waals surface area contributed by atoms with Gasteiger partial charge in [0, 0.05) is 6.42 Å². The summed E-state index contributed by atoms with van der Waals surface area (Å²) in [5.74, 6) is 0.998. The van der Waals surface area contributed by atoms with Crippen molar-refractivity contribution in [3.63, 3.8) is 0 Å². The van der Waals surface area contributed by atoms with Crippen LogP contribution in [0.4, 0.5) is 0 Å². The van der Waals surface area contributed by atoms with E-state index in [9.17, 15) is 9.90 Å². The summed E-state index contributed by atoms with van der Waals surface area (Å²) in [4.78, 5) is 12.1. The molecule has 0 spiro atoms. The highest BCUT2D eigenvalue weighted by atomic mass is 16.5. The molecule has 0 saturated heterocycles. The van der Waals surface area contributed by atoms with E-state index in [1.165, 1.54) is 0 Å². The summed E-state index contributed by atoms with van der Waals surface area (Å²) in [7, 11) is 0. The van der Waals surface area contributed by atoms with E-state index in [2.05, 4.69) is 13.8 Å². The molecule has 1 N–H and O–H groups in total. The standard InChI is InChI=1S/C18H24O4/c1-12(2)13-10-15-16(22-9-5-8-21-15)11-14(13)18(17(19)20)6-3-4-7-18/h10-12H,3-9H2,1-2H3,(H,19,20). The first-order valence-corrected chi connectivity index (χ1v) is 8.22. The van der Waals surface area contributed by atoms with Crippen molar-refractivity contribution in [3.8, 4) is 11.5 Å². The van der Waals surface area contributed by atoms with Crippen molar-refractivity contribution < 1.29 is 19.4 Å². The minimum absolute atomic E-state index is 0.254. The predicted octanol–water partition coefficient (Wildman–Crippen LogP) is 3.87. The zero-order valence-corrected chi connectivity index (χ0v) is 13.4. The van der Waals surface area contributed by atoms with E-state index in [1.54, 1.807) is 0 Å². The van der Waals surface area contributed by atoms with Crippen LogP contribution in [0.15, 0.2) is 12.1 Å². The van der Waals surface area contributed by atoms with Gasteiger partial charge in [-0.25, -0.2) is 0 Å². The zero-order chi connectivity index (χ0) is 15.7. The second-order valence-electron chi connectivity index (χ2n) is 6.69. The van der Waals surface area contributed by atoms with Crippen LogP contribution in [0.3, 0.4) is 0 Å². The minimum Gasteiger partial charge on any atom is -0.490 e. The van der Waals surface area contributed by atoms with Gasteiger partial charge in [-0.3, -0.25) is 4.79 Å². The van der Waals surface area contributed by atoms with Crippen molar-refractivity contribution in [2.45, 2.75) is 57.3 Å². The number of carbonyl (C=O) groups is 1. The van der Waals surface area contributed by atoms with E-state index in [1.807, 2.05) is 12.1 Å². The summed E-state index contributed by atoms with van der Waals surface area (Å²) in [6.07, 6.45) is 4.21. The van der Waals surface area contributed by atoms with E-state index in [-0.39, 0.29) is 5.92 Å². The maximum absolute atomic E-state index is 12.1. The van der Waals surface area contributed by atoms with Crippen LogP contribution in [0.2, 0.25) is 0 Å². The lowest BCUT2D eigenvalue weighted by atomic mass is 9.74. The monoisotopic (exact) mass is 304 g/mol. The first-order chi connectivity index (χ1) is 10.5. The summed E-state index contributed by atoms with van der Waals surface area (Å²) in [5.41, 5.74) is 1.25. The third-order valence-corrected chi connectivity index (χ3v) is 4.92. The summed E-state index contributed by atoms with van der Waals surface area (Å²) in [6.45, 7) is 5.47. The Kier molecular flexibility index (Phi) is 4.02. The average molecular weight is 304 g/mol. The third-order valence-electron chi connectivity index (χ3n) is 4.92. The Bertz CT molecular complexity index is 571. The topological polar surface area (TPSA) is 55.8 Å². The van der Waals surface area contributed by atoms with E-state index in [0.717, 1.165) is 36.1 Å². The van der Waals surface area contributed by atoms with Gasteiger partial charge >= 0.3 is 5.97 Å². The van der Waals surface area contributed by atoms with E-state index in [0.29, 0.717) is 31.8 Å². The fraction of sp³-hybridized carbons (Fsp3) is 0.611. The largest absolute Gasteiger partial charge is 0.490 e. The third kappa shape index (κ3) is 2.44. The molecule has 1 aliphatic heterocycles. The molecule has 120 valence electrons. The van der Waals surface area contributed by atoms with Crippen LogP contribution in [0.1, 0.15) is 63.0 Å². The van der Waals surface area contributed by atoms with Crippen molar-refractivity contribution in [1.29, 1.82) is 0 Å². The molecule has 0 bridgehead atoms. The van der Waals surface area contributed by atoms with Crippen LogP contribution in [0.5, 0.6) is 11.5 Å². The molecule has 3 rings (SSSR count). The van der Waals surface area contributed by atoms with Crippen molar-refractivity contribution in [3.05, 3.63) is 23.3 Å². The molecule has 1 saturated carbocycles. The lowest BCUT2D eigenvalue weighted by molar-refractivity contribution is -0.143. The Balaban J connectivity index is 2.16. The number of hydrogen-bond donors (Lipinski definition) is 1. The van der Waals surface area contributed by atoms with Crippen LogP contribution in [0.25, 0.3) is 0 Å². The van der Waals surface area contributed by atoms with E-state index in [4.69, 9.17) is 9.47 Å². The Morgan fingerprint density at radius 3 is 2.23 bits per heavy atom. The second-order valence-corrected chi connectivity index (χ2v) is 6.69. The van der Waals surface area contributed by atoms with Crippen LogP contribution < -0.4 is 9.47 Å². The normalized spacial score (nSPS) is 20.0. The van der Waals surface area contributed by atoms with Crippen LogP contribution in [-0.2, 0) is 10.2 Å². The molecule has 1 fully saturated rings. The molecule has 0 amide bonds. The van der Waals surface area contributed by atoms with Gasteiger partial charge in [0.05, 0.1) is 18.6 Å². The van der Waals surface area contributed by atoms with Crippen LogP contribution in [-0.4, -0.2) is 24.3 Å². The predicted molar refractivity (Wildman–Crippen MR) is 83.9 cm³/mol. The first-order valence-electron chi connectivity index (χ1n) is 8.22. The van der Waals surface area contributed by atoms with Gasteiger partial charge in [-0.2, -0.15) is 0 Å². The van der Waals surface area contributed by atoms with Gasteiger partial charge in [0.1, 0.15) is 0 Å². The number of rotatable bonds is 3. The molecule has 0 atom stereocenters. The van der Waals surface area contributed by atoms with Gasteiger partial charge in [0.2, 0.25) is 0 Å². The number of hydrogen-bond acceptors (Lipinski definition) is 3. The van der Waals surface area contributed by atoms with Crippen molar-refractivity contribution in [2.75, 3.05) is 13.2 Å². The second kappa shape index (κ2) is 5.82. The van der Waals surface area contributed by atoms with Gasteiger partial charge in [-0.05, 0) is 42.0 Å². The lowest BCUT2D eigenvalue weighted by Crippen LogP contribution is -2.34. The fourth-order valence-corrected chi connectivity index (χ4v) is 3.69. The molecule has 2 aliphatic rings. The molecular weight excluding hydrogens is 280 g/mol. The van der Waals surface area contributed by atoms with Gasteiger partial charge in [-0.15, -0.1) is 0 Å². The number of carboxylic acids is 1. The summed E-state index contributed by atoms with van der Waals surface area (Å²) in [5, 5.41) is 9.91. The molecule has 1 aliphatic carbocycles. The molecule has 0 unspecified atom stereocenters. The van der Waals surface area contributed by atoms with Gasteiger partial charge in [-0.1, -0.05) is 26.7 Å². The molecule has 1 aromatic carbocycles. The molecule has 1 heterocycles. The number of carboxylic acid groups (broad SMARTS) is 1. The number of ether oxygens (including phenoxy) is 2. The summed E-state index contributed by atoms with van der Waals surface area (Å²) < 4.78 is 11.6. The van der Waals surface area contributed by atoms with Gasteiger partial charge in [0.15, 0.2) is 11.5 Å². The molecular formula is C18H24O4. The van der Waals surface area contributed by atoms with E-state index >= 15 is 0 Å². The Morgan fingerprint density at radius 2 is 1.68 bits per heavy atom. The molecule has 0 radical (unpaired) electrons. The Hall–Kier alpha value is -1.71. The zero-order valence-electron chi connectivity index (χ0n) is 13.4. The van der Waals surface area contributed by atoms with Crippen molar-refractivity contribution in [1.82, 2.24) is 0 Å². The molecule has 4 nitrogen and oxygen atoms in total. The first kappa shape index (κ1) is 15.2. The summed E-state index contributed by atoms with van der Waals surface area (Å²) in [6, 6.07) is 3.94. The number of benzene rings is 1. The van der Waals surface area contributed by atoms with Crippen LogP contribution in [0, 0.1) is 0 Å². The Morgan fingerprint density at radius 1 is 1.09 bits per heavy atom. The average Bonchev–Trinajstić information content (AvgIpc) is 2.87. The molecule has 4 heteroatoms. The fourth-order valence-electron chi connectivity index (χ4n) is 3.69. The SMILES string of the molecule is CC(C)c1cc2c(cc1C1(C(=O)O)CCCC1)OCCCO2. The van der Waals surface area contributed by atoms with Crippen LogP contribution >= 0.6 is 0 Å². The highest BCUT2D eigenvalue weighted by Crippen LogP contribution is 2.47. The van der Waals surface area contributed by atoms with Crippen molar-refractivity contribution >= 4 is 5.97 Å². The van der Waals surface area contributed by atoms with Gasteiger partial charge < -0.3 is 14.6 Å². The highest BCUT2D eigenvalue weighted by Gasteiger charge is 2.45. The quantitative estimate of drug-likeness (QED) is 0.921. The lowest BCUT2D eigenvalue weighted by Gasteiger charge is -2.29. The molecule has 22 heavy (non-hydrogen) atoms. The maximum Gasteiger partial charge on any atom is 0.314 e. The van der Waals surface area contributed by atoms with Gasteiger partial charge in [0.25, 0.3) is 0 Å². The molecule has 1 aromatic rings. The minimum atomic E-state index is -0.760. The van der Waals surface area contributed by atoms with Crippen molar-refractivity contribution in [2.24, 2.45) is 0 Å². The molecule has 0 aromatic heterocycles. The number of fused-ring (bicyclic) bond motifs is 1. The van der Waals surface area contributed by atoms with E-state index < -0.39 is 11.4 Å². The Labute approximate surface area is 131 Å². The highest BCUT2D eigenvalue weighted by molar-refractivity contribution is 5.83. The summed E-state index contributed by atoms with van der Waals surface area (Å²) >= 11 is 0.